The summed E-state index contributed by atoms with van der Waals surface area (Å²) in [4.78, 5) is 0.0228. The summed E-state index contributed by atoms with van der Waals surface area (Å²) in [5.41, 5.74) is 6.10. The Morgan fingerprint density at radius 2 is 1.90 bits per heavy atom. The molecule has 0 atom stereocenters. The quantitative estimate of drug-likeness (QED) is 0.866. The molecule has 0 aliphatic rings. The number of benzene rings is 1. The summed E-state index contributed by atoms with van der Waals surface area (Å²) < 4.78 is 26.8. The molecule has 114 valence electrons. The smallest absolute Gasteiger partial charge is 0.244 e. The molecule has 1 aromatic rings. The van der Waals surface area contributed by atoms with Gasteiger partial charge in [-0.05, 0) is 23.6 Å². The van der Waals surface area contributed by atoms with Crippen LogP contribution in [-0.4, -0.2) is 25.8 Å². The van der Waals surface area contributed by atoms with Gasteiger partial charge in [0.25, 0.3) is 0 Å². The fourth-order valence-electron chi connectivity index (χ4n) is 1.90. The predicted octanol–water partition coefficient (Wildman–Crippen LogP) is 3.12. The third-order valence-corrected chi connectivity index (χ3v) is 5.58. The Balaban J connectivity index is 3.37. The summed E-state index contributed by atoms with van der Waals surface area (Å²) in [5.74, 6) is 0.219. The van der Waals surface area contributed by atoms with E-state index >= 15 is 0 Å². The topological polar surface area (TPSA) is 63.4 Å². The van der Waals surface area contributed by atoms with Gasteiger partial charge in [-0.2, -0.15) is 4.31 Å². The maximum absolute atomic E-state index is 12.7. The van der Waals surface area contributed by atoms with Crippen molar-refractivity contribution in [2.45, 2.75) is 32.2 Å². The van der Waals surface area contributed by atoms with E-state index in [0.29, 0.717) is 23.7 Å². The van der Waals surface area contributed by atoms with Gasteiger partial charge in [0, 0.05) is 24.7 Å². The Kier molecular flexibility index (Phi) is 6.28. The number of sulfonamides is 1. The van der Waals surface area contributed by atoms with Gasteiger partial charge in [-0.25, -0.2) is 8.42 Å². The Morgan fingerprint density at radius 1 is 1.30 bits per heavy atom. The van der Waals surface area contributed by atoms with Crippen LogP contribution in [0.15, 0.2) is 17.0 Å². The molecular formula is C13H20Cl2N2O2S. The first kappa shape index (κ1) is 17.7. The summed E-state index contributed by atoms with van der Waals surface area (Å²) in [5, 5.41) is 0.466. The highest BCUT2D eigenvalue weighted by Gasteiger charge is 2.27. The van der Waals surface area contributed by atoms with Crippen molar-refractivity contribution in [3.8, 4) is 0 Å². The predicted molar refractivity (Wildman–Crippen MR) is 83.6 cm³/mol. The normalized spacial score (nSPS) is 12.4. The molecular weight excluding hydrogens is 319 g/mol. The molecule has 7 heteroatoms. The first-order chi connectivity index (χ1) is 9.23. The van der Waals surface area contributed by atoms with Gasteiger partial charge in [0.1, 0.15) is 4.90 Å². The van der Waals surface area contributed by atoms with Gasteiger partial charge in [-0.3, -0.25) is 0 Å². The van der Waals surface area contributed by atoms with Crippen LogP contribution in [0.2, 0.25) is 10.0 Å². The first-order valence-corrected chi connectivity index (χ1v) is 8.61. The van der Waals surface area contributed by atoms with E-state index in [9.17, 15) is 8.42 Å². The van der Waals surface area contributed by atoms with E-state index in [1.807, 2.05) is 13.8 Å². The molecule has 0 unspecified atom stereocenters. The lowest BCUT2D eigenvalue weighted by atomic mass is 10.2. The third-order valence-electron chi connectivity index (χ3n) is 2.84. The van der Waals surface area contributed by atoms with E-state index in [-0.39, 0.29) is 22.4 Å². The van der Waals surface area contributed by atoms with Crippen LogP contribution in [0.4, 0.5) is 0 Å². The number of rotatable bonds is 6. The van der Waals surface area contributed by atoms with E-state index < -0.39 is 10.0 Å². The molecule has 4 nitrogen and oxygen atoms in total. The average molecular weight is 339 g/mol. The molecule has 0 aromatic heterocycles. The Hall–Kier alpha value is -0.330. The van der Waals surface area contributed by atoms with Gasteiger partial charge in [0.05, 0.1) is 5.02 Å². The molecule has 0 amide bonds. The second kappa shape index (κ2) is 7.09. The van der Waals surface area contributed by atoms with Gasteiger partial charge in [-0.1, -0.05) is 44.0 Å². The number of hydrogen-bond acceptors (Lipinski definition) is 3. The van der Waals surface area contributed by atoms with Crippen LogP contribution in [0.1, 0.15) is 26.3 Å². The van der Waals surface area contributed by atoms with E-state index in [1.54, 1.807) is 13.0 Å². The minimum Gasteiger partial charge on any atom is -0.326 e. The number of nitrogens with zero attached hydrogens (tertiary/aromatic N) is 1. The molecule has 0 heterocycles. The molecule has 0 spiro atoms. The van der Waals surface area contributed by atoms with Crippen LogP contribution in [0.25, 0.3) is 0 Å². The SMILES string of the molecule is CCN(CC(C)C)S(=O)(=O)c1cc(Cl)cc(CN)c1Cl. The van der Waals surface area contributed by atoms with Crippen LogP contribution in [0.5, 0.6) is 0 Å². The fourth-order valence-corrected chi connectivity index (χ4v) is 4.43. The molecule has 2 N–H and O–H groups in total. The van der Waals surface area contributed by atoms with Crippen LogP contribution < -0.4 is 5.73 Å². The molecule has 0 bridgehead atoms. The summed E-state index contributed by atoms with van der Waals surface area (Å²) >= 11 is 12.1. The van der Waals surface area contributed by atoms with Gasteiger partial charge in [0.2, 0.25) is 10.0 Å². The van der Waals surface area contributed by atoms with Crippen molar-refractivity contribution in [3.05, 3.63) is 27.7 Å². The number of hydrogen-bond donors (Lipinski definition) is 1. The minimum atomic E-state index is -3.67. The second-order valence-electron chi connectivity index (χ2n) is 4.93. The Morgan fingerprint density at radius 3 is 2.35 bits per heavy atom. The van der Waals surface area contributed by atoms with Crippen LogP contribution in [0, 0.1) is 5.92 Å². The molecule has 0 saturated carbocycles. The van der Waals surface area contributed by atoms with Crippen molar-refractivity contribution >= 4 is 33.2 Å². The highest BCUT2D eigenvalue weighted by atomic mass is 35.5. The average Bonchev–Trinajstić information content (AvgIpc) is 2.37. The van der Waals surface area contributed by atoms with Crippen molar-refractivity contribution < 1.29 is 8.42 Å². The summed E-state index contributed by atoms with van der Waals surface area (Å²) in [6.45, 7) is 6.66. The molecule has 20 heavy (non-hydrogen) atoms. The van der Waals surface area contributed by atoms with Crippen molar-refractivity contribution in [2.75, 3.05) is 13.1 Å². The second-order valence-corrected chi connectivity index (χ2v) is 7.65. The third kappa shape index (κ3) is 3.86. The fraction of sp³-hybridized carbons (Fsp3) is 0.538. The summed E-state index contributed by atoms with van der Waals surface area (Å²) in [7, 11) is -3.67. The largest absolute Gasteiger partial charge is 0.326 e. The van der Waals surface area contributed by atoms with Crippen molar-refractivity contribution in [2.24, 2.45) is 11.7 Å². The molecule has 0 radical (unpaired) electrons. The minimum absolute atomic E-state index is 0.0228. The Bertz CT molecular complexity index is 574. The van der Waals surface area contributed by atoms with Gasteiger partial charge < -0.3 is 5.73 Å². The van der Waals surface area contributed by atoms with E-state index in [4.69, 9.17) is 28.9 Å². The first-order valence-electron chi connectivity index (χ1n) is 6.42. The van der Waals surface area contributed by atoms with Crippen LogP contribution in [0.3, 0.4) is 0 Å². The van der Waals surface area contributed by atoms with Crippen LogP contribution in [-0.2, 0) is 16.6 Å². The zero-order chi connectivity index (χ0) is 15.5. The Labute approximate surface area is 130 Å². The van der Waals surface area contributed by atoms with Gasteiger partial charge in [-0.15, -0.1) is 0 Å². The lowest BCUT2D eigenvalue weighted by molar-refractivity contribution is 0.381. The highest BCUT2D eigenvalue weighted by molar-refractivity contribution is 7.89. The zero-order valence-corrected chi connectivity index (χ0v) is 14.2. The lowest BCUT2D eigenvalue weighted by Gasteiger charge is -2.23. The van der Waals surface area contributed by atoms with E-state index in [1.165, 1.54) is 10.4 Å². The molecule has 0 fully saturated rings. The highest BCUT2D eigenvalue weighted by Crippen LogP contribution is 2.31. The number of halogens is 2. The molecule has 1 rings (SSSR count). The summed E-state index contributed by atoms with van der Waals surface area (Å²) in [6.07, 6.45) is 0. The van der Waals surface area contributed by atoms with Crippen LogP contribution >= 0.6 is 23.2 Å². The number of nitrogens with two attached hydrogens (primary N) is 1. The molecule has 0 aliphatic carbocycles. The molecule has 0 saturated heterocycles. The van der Waals surface area contributed by atoms with Crippen molar-refractivity contribution in [3.63, 3.8) is 0 Å². The molecule has 1 aromatic carbocycles. The zero-order valence-electron chi connectivity index (χ0n) is 11.9. The van der Waals surface area contributed by atoms with Gasteiger partial charge in [0.15, 0.2) is 0 Å². The van der Waals surface area contributed by atoms with Crippen molar-refractivity contribution in [1.82, 2.24) is 4.31 Å². The monoisotopic (exact) mass is 338 g/mol. The van der Waals surface area contributed by atoms with E-state index in [0.717, 1.165) is 0 Å². The summed E-state index contributed by atoms with van der Waals surface area (Å²) in [6, 6.07) is 2.96. The maximum atomic E-state index is 12.7. The standard InChI is InChI=1S/C13H20Cl2N2O2S/c1-4-17(8-9(2)3)20(18,19)12-6-11(14)5-10(7-16)13(12)15/h5-6,9H,4,7-8,16H2,1-3H3. The molecule has 0 aliphatic heterocycles. The van der Waals surface area contributed by atoms with E-state index in [2.05, 4.69) is 0 Å². The van der Waals surface area contributed by atoms with Gasteiger partial charge >= 0.3 is 0 Å². The lowest BCUT2D eigenvalue weighted by Crippen LogP contribution is -2.34. The van der Waals surface area contributed by atoms with Crippen molar-refractivity contribution in [1.29, 1.82) is 0 Å². The maximum Gasteiger partial charge on any atom is 0.244 e.